The molecule has 1 N–H and O–H groups in total. The summed E-state index contributed by atoms with van der Waals surface area (Å²) in [6.07, 6.45) is 2.83. The van der Waals surface area contributed by atoms with Crippen LogP contribution in [0.3, 0.4) is 0 Å². The number of aromatic nitrogens is 1. The van der Waals surface area contributed by atoms with E-state index in [-0.39, 0.29) is 0 Å². The molecule has 2 aromatic rings. The molecule has 0 aliphatic carbocycles. The quantitative estimate of drug-likeness (QED) is 0.544. The Balaban J connectivity index is 2.22. The molecule has 0 radical (unpaired) electrons. The number of ether oxygens (including phenoxy) is 1. The minimum atomic E-state index is 0.616. The monoisotopic (exact) mass is 476 g/mol. The number of hydrogen-bond donors (Lipinski definition) is 1. The van der Waals surface area contributed by atoms with Crippen molar-refractivity contribution in [1.82, 2.24) is 10.3 Å². The number of benzene rings is 1. The van der Waals surface area contributed by atoms with Gasteiger partial charge in [0.1, 0.15) is 5.75 Å². The molecule has 2 rings (SSSR count). The summed E-state index contributed by atoms with van der Waals surface area (Å²) in [7, 11) is 0. The fourth-order valence-electron chi connectivity index (χ4n) is 1.75. The highest BCUT2D eigenvalue weighted by molar-refractivity contribution is 9.11. The van der Waals surface area contributed by atoms with Gasteiger partial charge in [0.05, 0.1) is 4.47 Å². The highest BCUT2D eigenvalue weighted by atomic mass is 79.9. The van der Waals surface area contributed by atoms with E-state index in [4.69, 9.17) is 4.74 Å². The first-order chi connectivity index (χ1) is 10.1. The van der Waals surface area contributed by atoms with Crippen molar-refractivity contribution in [2.24, 2.45) is 0 Å². The molecular formula is C15H15Br3N2O. The van der Waals surface area contributed by atoms with Crippen LogP contribution in [0.15, 0.2) is 43.9 Å². The van der Waals surface area contributed by atoms with Crippen molar-refractivity contribution in [3.8, 4) is 11.6 Å². The molecule has 0 spiro atoms. The highest BCUT2D eigenvalue weighted by Gasteiger charge is 2.10. The molecule has 0 aliphatic rings. The lowest BCUT2D eigenvalue weighted by Gasteiger charge is -2.12. The molecule has 0 atom stereocenters. The van der Waals surface area contributed by atoms with Gasteiger partial charge in [-0.3, -0.25) is 0 Å². The number of nitrogens with one attached hydrogen (secondary N) is 1. The second-order valence-electron chi connectivity index (χ2n) is 4.47. The molecule has 0 bridgehead atoms. The van der Waals surface area contributed by atoms with Crippen molar-refractivity contribution in [3.63, 3.8) is 0 Å². The van der Waals surface area contributed by atoms with Crippen LogP contribution in [0.5, 0.6) is 11.6 Å². The Morgan fingerprint density at radius 3 is 2.67 bits per heavy atom. The van der Waals surface area contributed by atoms with Crippen LogP contribution in [0.2, 0.25) is 0 Å². The van der Waals surface area contributed by atoms with Gasteiger partial charge in [0, 0.05) is 27.3 Å². The topological polar surface area (TPSA) is 34.2 Å². The largest absolute Gasteiger partial charge is 0.438 e. The fraction of sp³-hybridized carbons (Fsp3) is 0.267. The Labute approximate surface area is 149 Å². The minimum Gasteiger partial charge on any atom is -0.438 e. The number of pyridine rings is 1. The van der Waals surface area contributed by atoms with Crippen LogP contribution in [-0.2, 0) is 6.54 Å². The van der Waals surface area contributed by atoms with Gasteiger partial charge in [0.25, 0.3) is 0 Å². The molecule has 0 saturated heterocycles. The Kier molecular flexibility index (Phi) is 6.67. The van der Waals surface area contributed by atoms with Crippen LogP contribution in [-0.4, -0.2) is 11.5 Å². The van der Waals surface area contributed by atoms with Gasteiger partial charge in [-0.2, -0.15) is 0 Å². The molecule has 1 aromatic carbocycles. The molecular weight excluding hydrogens is 464 g/mol. The van der Waals surface area contributed by atoms with Gasteiger partial charge in [0.2, 0.25) is 5.88 Å². The minimum absolute atomic E-state index is 0.616. The average Bonchev–Trinajstić information content (AvgIpc) is 2.44. The van der Waals surface area contributed by atoms with Crippen LogP contribution in [0.25, 0.3) is 0 Å². The first-order valence-corrected chi connectivity index (χ1v) is 8.96. The van der Waals surface area contributed by atoms with Crippen LogP contribution in [0, 0.1) is 0 Å². The van der Waals surface area contributed by atoms with E-state index >= 15 is 0 Å². The summed E-state index contributed by atoms with van der Waals surface area (Å²) in [5.74, 6) is 1.36. The second-order valence-corrected chi connectivity index (χ2v) is 7.16. The predicted octanol–water partition coefficient (Wildman–Crippen LogP) is 5.66. The third-order valence-corrected chi connectivity index (χ3v) is 4.28. The summed E-state index contributed by atoms with van der Waals surface area (Å²) in [6, 6.07) is 7.82. The normalized spacial score (nSPS) is 10.7. The van der Waals surface area contributed by atoms with E-state index in [9.17, 15) is 0 Å². The number of hydrogen-bond acceptors (Lipinski definition) is 3. The molecule has 3 nitrogen and oxygen atoms in total. The smallest absolute Gasteiger partial charge is 0.223 e. The van der Waals surface area contributed by atoms with E-state index in [1.165, 1.54) is 0 Å². The molecule has 1 aromatic heterocycles. The lowest BCUT2D eigenvalue weighted by molar-refractivity contribution is 0.450. The summed E-state index contributed by atoms with van der Waals surface area (Å²) in [4.78, 5) is 4.37. The van der Waals surface area contributed by atoms with Crippen molar-refractivity contribution < 1.29 is 4.74 Å². The zero-order chi connectivity index (χ0) is 15.2. The maximum Gasteiger partial charge on any atom is 0.223 e. The van der Waals surface area contributed by atoms with Gasteiger partial charge in [-0.1, -0.05) is 22.9 Å². The maximum atomic E-state index is 5.94. The zero-order valence-corrected chi connectivity index (χ0v) is 16.3. The van der Waals surface area contributed by atoms with Gasteiger partial charge < -0.3 is 10.1 Å². The molecule has 1 heterocycles. The standard InChI is InChI=1S/C15H15Br3N2O/c1-2-5-19-8-10-6-12(17)9-20-15(10)21-14-4-3-11(16)7-13(14)18/h3-4,6-7,9,19H,2,5,8H2,1H3. The predicted molar refractivity (Wildman–Crippen MR) is 95.9 cm³/mol. The molecule has 21 heavy (non-hydrogen) atoms. The van der Waals surface area contributed by atoms with Gasteiger partial charge in [-0.15, -0.1) is 0 Å². The Morgan fingerprint density at radius 1 is 1.14 bits per heavy atom. The van der Waals surface area contributed by atoms with Gasteiger partial charge >= 0.3 is 0 Å². The van der Waals surface area contributed by atoms with E-state index < -0.39 is 0 Å². The summed E-state index contributed by atoms with van der Waals surface area (Å²) >= 11 is 10.4. The SMILES string of the molecule is CCCNCc1cc(Br)cnc1Oc1ccc(Br)cc1Br. The van der Waals surface area contributed by atoms with Crippen molar-refractivity contribution in [3.05, 3.63) is 49.4 Å². The van der Waals surface area contributed by atoms with E-state index in [1.807, 2.05) is 24.3 Å². The third-order valence-electron chi connectivity index (χ3n) is 2.73. The highest BCUT2D eigenvalue weighted by Crippen LogP contribution is 2.33. The first kappa shape index (κ1) is 16.9. The van der Waals surface area contributed by atoms with Gasteiger partial charge in [0.15, 0.2) is 0 Å². The van der Waals surface area contributed by atoms with E-state index in [2.05, 4.69) is 65.0 Å². The number of halogens is 3. The van der Waals surface area contributed by atoms with Crippen molar-refractivity contribution in [1.29, 1.82) is 0 Å². The molecule has 0 aliphatic heterocycles. The summed E-state index contributed by atoms with van der Waals surface area (Å²) in [6.45, 7) is 3.83. The Morgan fingerprint density at radius 2 is 1.95 bits per heavy atom. The van der Waals surface area contributed by atoms with E-state index in [0.717, 1.165) is 44.2 Å². The van der Waals surface area contributed by atoms with Crippen LogP contribution in [0.4, 0.5) is 0 Å². The number of rotatable bonds is 6. The lowest BCUT2D eigenvalue weighted by Crippen LogP contribution is -2.14. The molecule has 0 unspecified atom stereocenters. The number of nitrogens with zero attached hydrogens (tertiary/aromatic N) is 1. The maximum absolute atomic E-state index is 5.94. The fourth-order valence-corrected chi connectivity index (χ4v) is 3.26. The summed E-state index contributed by atoms with van der Waals surface area (Å²) < 4.78 is 8.76. The Hall–Kier alpha value is -0.430. The van der Waals surface area contributed by atoms with Gasteiger partial charge in [-0.25, -0.2) is 4.98 Å². The van der Waals surface area contributed by atoms with Crippen molar-refractivity contribution >= 4 is 47.8 Å². The Bertz CT molecular complexity index is 620. The van der Waals surface area contributed by atoms with Crippen LogP contribution < -0.4 is 10.1 Å². The molecule has 0 fully saturated rings. The third kappa shape index (κ3) is 5.06. The second kappa shape index (κ2) is 8.27. The average molecular weight is 479 g/mol. The zero-order valence-electron chi connectivity index (χ0n) is 11.5. The van der Waals surface area contributed by atoms with E-state index in [1.54, 1.807) is 6.20 Å². The van der Waals surface area contributed by atoms with Crippen molar-refractivity contribution in [2.75, 3.05) is 6.54 Å². The molecule has 6 heteroatoms. The van der Waals surface area contributed by atoms with Crippen molar-refractivity contribution in [2.45, 2.75) is 19.9 Å². The van der Waals surface area contributed by atoms with E-state index in [0.29, 0.717) is 5.88 Å². The first-order valence-electron chi connectivity index (χ1n) is 6.58. The summed E-state index contributed by atoms with van der Waals surface area (Å²) in [5.41, 5.74) is 1.02. The summed E-state index contributed by atoms with van der Waals surface area (Å²) in [5, 5.41) is 3.37. The van der Waals surface area contributed by atoms with Gasteiger partial charge in [-0.05, 0) is 69.1 Å². The molecule has 0 saturated carbocycles. The molecule has 112 valence electrons. The van der Waals surface area contributed by atoms with Crippen LogP contribution >= 0.6 is 47.8 Å². The van der Waals surface area contributed by atoms with Crippen LogP contribution in [0.1, 0.15) is 18.9 Å². The molecule has 0 amide bonds. The lowest BCUT2D eigenvalue weighted by atomic mass is 10.2.